The van der Waals surface area contributed by atoms with Gasteiger partial charge in [0.2, 0.25) is 21.8 Å². The Morgan fingerprint density at radius 1 is 0.791 bits per heavy atom. The van der Waals surface area contributed by atoms with Gasteiger partial charge in [0.25, 0.3) is 0 Å². The summed E-state index contributed by atoms with van der Waals surface area (Å²) in [5, 5.41) is 10.0. The highest BCUT2D eigenvalue weighted by atomic mass is 32.2. The van der Waals surface area contributed by atoms with Crippen LogP contribution in [0.5, 0.6) is 23.3 Å². The fourth-order valence-corrected chi connectivity index (χ4v) is 7.61. The number of carbonyl (C=O) groups is 1. The third-order valence-corrected chi connectivity index (χ3v) is 10.7. The topological polar surface area (TPSA) is 234 Å². The minimum Gasteiger partial charge on any atom is -0.444 e. The molecule has 2 aliphatic rings. The Morgan fingerprint density at radius 2 is 1.34 bits per heavy atom. The zero-order valence-electron chi connectivity index (χ0n) is 37.4. The molecule has 2 saturated heterocycles. The van der Waals surface area contributed by atoms with E-state index in [1.807, 2.05) is 20.8 Å². The number of halogens is 2. The lowest BCUT2D eigenvalue weighted by molar-refractivity contribution is 0.0235. The highest BCUT2D eigenvalue weighted by Crippen LogP contribution is 2.33. The number of sulfonamides is 1. The molecule has 1 amide bonds. The van der Waals surface area contributed by atoms with Crippen molar-refractivity contribution in [2.75, 3.05) is 53.5 Å². The van der Waals surface area contributed by atoms with Crippen molar-refractivity contribution >= 4 is 38.9 Å². The summed E-state index contributed by atoms with van der Waals surface area (Å²) in [5.74, 6) is 1.06. The summed E-state index contributed by atoms with van der Waals surface area (Å²) in [4.78, 5) is 39.8. The molecule has 2 aromatic carbocycles. The van der Waals surface area contributed by atoms with Crippen LogP contribution in [0.25, 0.3) is 22.8 Å². The van der Waals surface area contributed by atoms with Gasteiger partial charge in [-0.25, -0.2) is 32.0 Å². The van der Waals surface area contributed by atoms with E-state index in [1.165, 1.54) is 24.5 Å². The van der Waals surface area contributed by atoms with Crippen molar-refractivity contribution in [2.24, 2.45) is 0 Å². The molecule has 0 aliphatic carbocycles. The largest absolute Gasteiger partial charge is 0.444 e. The quantitative estimate of drug-likeness (QED) is 0.0654. The SMILES string of the molecule is CC(C)(C)OC(=O)N1CCC[C@H]1CNc1cnc(-c2cncc(F)c2)nc1Oc1ccc(N)cc1.CS(=O)(=O)Nc1ccc(Oc2nc(-c3cncc(F)c3)ncc2NC[C@@H]2CCCN2)cc1. The molecule has 2 aliphatic heterocycles. The fraction of sp³-hybridized carbons (Fsp3) is 0.326. The number of rotatable bonds is 14. The number of nitrogens with one attached hydrogen (secondary N) is 4. The first-order valence-corrected chi connectivity index (χ1v) is 23.4. The molecule has 6 N–H and O–H groups in total. The van der Waals surface area contributed by atoms with Gasteiger partial charge in [0.05, 0.1) is 37.1 Å². The second kappa shape index (κ2) is 21.4. The molecule has 0 radical (unpaired) electrons. The summed E-state index contributed by atoms with van der Waals surface area (Å²) in [6.45, 7) is 8.31. The van der Waals surface area contributed by atoms with Crippen LogP contribution >= 0.6 is 0 Å². The molecule has 67 heavy (non-hydrogen) atoms. The monoisotopic (exact) mass is 938 g/mol. The normalized spacial score (nSPS) is 15.8. The van der Waals surface area contributed by atoms with Crippen molar-refractivity contribution in [1.29, 1.82) is 0 Å². The molecule has 18 nitrogen and oxygen atoms in total. The Hall–Kier alpha value is -7.26. The van der Waals surface area contributed by atoms with Gasteiger partial charge >= 0.3 is 6.09 Å². The van der Waals surface area contributed by atoms with Gasteiger partial charge in [-0.3, -0.25) is 14.7 Å². The van der Waals surface area contributed by atoms with Gasteiger partial charge in [-0.15, -0.1) is 0 Å². The number of carbonyl (C=O) groups excluding carboxylic acids is 1. The zero-order chi connectivity index (χ0) is 47.6. The number of amides is 1. The molecule has 6 aromatic rings. The lowest BCUT2D eigenvalue weighted by Crippen LogP contribution is -2.42. The minimum atomic E-state index is -3.37. The van der Waals surface area contributed by atoms with Crippen molar-refractivity contribution < 1.29 is 36.2 Å². The van der Waals surface area contributed by atoms with E-state index in [-0.39, 0.29) is 35.5 Å². The van der Waals surface area contributed by atoms with E-state index < -0.39 is 27.3 Å². The molecule has 6 heterocycles. The molecule has 21 heteroatoms. The molecule has 0 unspecified atom stereocenters. The third-order valence-electron chi connectivity index (χ3n) is 10.1. The Kier molecular flexibility index (Phi) is 15.2. The lowest BCUT2D eigenvalue weighted by atomic mass is 10.2. The van der Waals surface area contributed by atoms with E-state index >= 15 is 0 Å². The predicted molar refractivity (Wildman–Crippen MR) is 250 cm³/mol. The van der Waals surface area contributed by atoms with Crippen molar-refractivity contribution in [3.05, 3.63) is 109 Å². The molecule has 4 aromatic heterocycles. The first-order chi connectivity index (χ1) is 32.0. The number of hydrogen-bond acceptors (Lipinski definition) is 16. The maximum Gasteiger partial charge on any atom is 0.410 e. The predicted octanol–water partition coefficient (Wildman–Crippen LogP) is 7.87. The molecular formula is C46H52F2N12O6S. The van der Waals surface area contributed by atoms with E-state index in [1.54, 1.807) is 65.8 Å². The van der Waals surface area contributed by atoms with Crippen molar-refractivity contribution in [1.82, 2.24) is 40.1 Å². The van der Waals surface area contributed by atoms with Gasteiger partial charge in [-0.2, -0.15) is 9.97 Å². The average molecular weight is 939 g/mol. The minimum absolute atomic E-state index is 0.0543. The summed E-state index contributed by atoms with van der Waals surface area (Å²) in [5.41, 5.74) is 8.20. The standard InChI is InChI=1S/C25H29FN6O3.C21H23FN6O3S/c1-25(2,3)35-24(33)32-10-4-5-19(32)14-29-21-15-30-22(16-11-17(26)13-28-12-16)31-23(21)34-20-8-6-18(27)7-9-20;1-32(29,30)28-16-4-6-18(7-5-16)31-21-19(25-12-17-3-2-8-24-17)13-26-20(27-21)14-9-15(22)11-23-10-14/h6-9,11-13,15,19,29H,4-5,10,14,27H2,1-3H3;4-7,9-11,13,17,24-25,28H,2-3,8,12H2,1H3/t19-;17-/m00/s1. The fourth-order valence-electron chi connectivity index (χ4n) is 7.04. The molecule has 352 valence electrons. The van der Waals surface area contributed by atoms with Crippen LogP contribution in [-0.4, -0.2) is 99.4 Å². The summed E-state index contributed by atoms with van der Waals surface area (Å²) < 4.78 is 70.1. The molecule has 0 bridgehead atoms. The van der Waals surface area contributed by atoms with Crippen LogP contribution in [0.4, 0.5) is 36.3 Å². The van der Waals surface area contributed by atoms with Crippen LogP contribution in [0.3, 0.4) is 0 Å². The van der Waals surface area contributed by atoms with Crippen LogP contribution in [0.2, 0.25) is 0 Å². The lowest BCUT2D eigenvalue weighted by Gasteiger charge is -2.29. The second-order valence-electron chi connectivity index (χ2n) is 16.8. The van der Waals surface area contributed by atoms with Crippen LogP contribution < -0.4 is 35.9 Å². The molecule has 2 atom stereocenters. The Morgan fingerprint density at radius 3 is 1.85 bits per heavy atom. The first-order valence-electron chi connectivity index (χ1n) is 21.5. The van der Waals surface area contributed by atoms with Gasteiger partial charge in [0, 0.05) is 60.6 Å². The number of nitrogens with two attached hydrogens (primary N) is 1. The van der Waals surface area contributed by atoms with Crippen LogP contribution in [0.15, 0.2) is 97.8 Å². The number of nitrogen functional groups attached to an aromatic ring is 1. The maximum absolute atomic E-state index is 13.7. The first kappa shape index (κ1) is 47.7. The number of aromatic nitrogens is 6. The van der Waals surface area contributed by atoms with Gasteiger partial charge in [-0.05, 0) is 114 Å². The summed E-state index contributed by atoms with van der Waals surface area (Å²) >= 11 is 0. The molecule has 0 spiro atoms. The van der Waals surface area contributed by atoms with E-state index in [2.05, 4.69) is 50.6 Å². The van der Waals surface area contributed by atoms with Crippen molar-refractivity contribution in [3.8, 4) is 46.0 Å². The van der Waals surface area contributed by atoms with E-state index in [0.717, 1.165) is 50.9 Å². The highest BCUT2D eigenvalue weighted by Gasteiger charge is 2.32. The van der Waals surface area contributed by atoms with Gasteiger partial charge in [0.1, 0.15) is 40.1 Å². The Labute approximate surface area is 387 Å². The number of anilines is 4. The number of ether oxygens (including phenoxy) is 3. The highest BCUT2D eigenvalue weighted by molar-refractivity contribution is 7.92. The van der Waals surface area contributed by atoms with Crippen LogP contribution in [0.1, 0.15) is 46.5 Å². The maximum atomic E-state index is 13.7. The number of pyridine rings is 2. The van der Waals surface area contributed by atoms with Gasteiger partial charge in [-0.1, -0.05) is 0 Å². The van der Waals surface area contributed by atoms with Crippen LogP contribution in [-0.2, 0) is 14.8 Å². The molecular weight excluding hydrogens is 887 g/mol. The Balaban J connectivity index is 0.000000200. The van der Waals surface area contributed by atoms with E-state index in [9.17, 15) is 22.0 Å². The van der Waals surface area contributed by atoms with Crippen LogP contribution in [0, 0.1) is 11.6 Å². The number of hydrogen-bond donors (Lipinski definition) is 5. The summed E-state index contributed by atoms with van der Waals surface area (Å²) in [6, 6.07) is 16.2. The molecule has 2 fully saturated rings. The second-order valence-corrected chi connectivity index (χ2v) is 18.6. The number of nitrogens with zero attached hydrogens (tertiary/aromatic N) is 7. The van der Waals surface area contributed by atoms with Crippen molar-refractivity contribution in [2.45, 2.75) is 64.1 Å². The smallest absolute Gasteiger partial charge is 0.410 e. The third kappa shape index (κ3) is 14.1. The van der Waals surface area contributed by atoms with Gasteiger partial charge < -0.3 is 40.8 Å². The molecule has 0 saturated carbocycles. The van der Waals surface area contributed by atoms with Gasteiger partial charge in [0.15, 0.2) is 11.6 Å². The average Bonchev–Trinajstić information content (AvgIpc) is 3.99. The number of likely N-dealkylation sites (tertiary alicyclic amines) is 1. The van der Waals surface area contributed by atoms with E-state index in [4.69, 9.17) is 19.9 Å². The summed E-state index contributed by atoms with van der Waals surface area (Å²) in [7, 11) is -3.37. The number of benzene rings is 2. The van der Waals surface area contributed by atoms with E-state index in [0.29, 0.717) is 71.1 Å². The molecule has 8 rings (SSSR count). The zero-order valence-corrected chi connectivity index (χ0v) is 38.2. The summed E-state index contributed by atoms with van der Waals surface area (Å²) in [6.07, 6.45) is 13.0. The van der Waals surface area contributed by atoms with Crippen molar-refractivity contribution in [3.63, 3.8) is 0 Å². The Bertz CT molecular complexity index is 2740.